The lowest BCUT2D eigenvalue weighted by Gasteiger charge is -2.41. The molecule has 1 fully saturated rings. The number of hydrogen-bond donors (Lipinski definition) is 0. The van der Waals surface area contributed by atoms with Crippen molar-refractivity contribution < 1.29 is 19.1 Å². The predicted octanol–water partition coefficient (Wildman–Crippen LogP) is 4.26. The molecule has 5 heteroatoms. The number of rotatable bonds is 2. The molecule has 1 aliphatic rings. The number of carbonyl (C=O) groups is 2. The average Bonchev–Trinajstić information content (AvgIpc) is 2.61. The van der Waals surface area contributed by atoms with Crippen LogP contribution < -0.4 is 0 Å². The third-order valence-electron chi connectivity index (χ3n) is 4.12. The monoisotopic (exact) mass is 353 g/mol. The predicted molar refractivity (Wildman–Crippen MR) is 97.4 cm³/mol. The fraction of sp³-hybridized carbons (Fsp3) is 0.333. The lowest BCUT2D eigenvalue weighted by atomic mass is 9.98. The maximum absolute atomic E-state index is 13.0. The summed E-state index contributed by atoms with van der Waals surface area (Å²) in [5.41, 5.74) is 0.928. The van der Waals surface area contributed by atoms with Crippen LogP contribution in [0.2, 0.25) is 0 Å². The molecule has 2 aromatic rings. The van der Waals surface area contributed by atoms with Gasteiger partial charge in [-0.15, -0.1) is 0 Å². The number of amides is 1. The Morgan fingerprint density at radius 3 is 2.08 bits per heavy atom. The molecule has 136 valence electrons. The van der Waals surface area contributed by atoms with E-state index in [1.807, 2.05) is 81.4 Å². The maximum atomic E-state index is 13.0. The number of cyclic esters (lactones) is 1. The summed E-state index contributed by atoms with van der Waals surface area (Å²) in [6, 6.07) is 17.5. The molecule has 3 rings (SSSR count). The highest BCUT2D eigenvalue weighted by atomic mass is 16.6. The van der Waals surface area contributed by atoms with E-state index in [9.17, 15) is 9.59 Å². The Balaban J connectivity index is 2.04. The highest BCUT2D eigenvalue weighted by Gasteiger charge is 2.44. The van der Waals surface area contributed by atoms with Crippen molar-refractivity contribution >= 4 is 12.1 Å². The second-order valence-electron chi connectivity index (χ2n) is 7.26. The molecule has 0 aliphatic carbocycles. The smallest absolute Gasteiger partial charge is 0.411 e. The lowest BCUT2D eigenvalue weighted by molar-refractivity contribution is -0.162. The summed E-state index contributed by atoms with van der Waals surface area (Å²) >= 11 is 0. The first-order chi connectivity index (χ1) is 12.4. The normalized spacial score (nSPS) is 20.4. The Bertz CT molecular complexity index is 768. The van der Waals surface area contributed by atoms with Crippen molar-refractivity contribution in [1.29, 1.82) is 0 Å². The molecule has 2 aromatic carbocycles. The van der Waals surface area contributed by atoms with Crippen LogP contribution >= 0.6 is 0 Å². The van der Waals surface area contributed by atoms with Crippen molar-refractivity contribution in [3.05, 3.63) is 71.8 Å². The molecule has 0 aromatic heterocycles. The number of esters is 1. The molecule has 2 atom stereocenters. The summed E-state index contributed by atoms with van der Waals surface area (Å²) < 4.78 is 11.0. The van der Waals surface area contributed by atoms with Gasteiger partial charge in [0.1, 0.15) is 12.2 Å². The molecule has 0 radical (unpaired) electrons. The molecular formula is C21H23NO4. The van der Waals surface area contributed by atoms with Gasteiger partial charge in [0.2, 0.25) is 0 Å². The average molecular weight is 353 g/mol. The van der Waals surface area contributed by atoms with Gasteiger partial charge in [-0.05, 0) is 31.9 Å². The molecule has 0 unspecified atom stereocenters. The van der Waals surface area contributed by atoms with Crippen LogP contribution in [-0.2, 0) is 14.3 Å². The minimum atomic E-state index is -0.843. The van der Waals surface area contributed by atoms with Crippen molar-refractivity contribution in [2.45, 2.75) is 38.5 Å². The van der Waals surface area contributed by atoms with Crippen molar-refractivity contribution in [3.8, 4) is 0 Å². The molecule has 0 N–H and O–H groups in total. The number of nitrogens with zero attached hydrogens (tertiary/aromatic N) is 1. The first-order valence-electron chi connectivity index (χ1n) is 8.64. The standard InChI is InChI=1S/C21H23NO4/c1-21(2,3)26-20(24)22-17(15-10-6-4-7-11-15)14-25-19(23)18(22)16-12-8-5-9-13-16/h4-13,17-18H,14H2,1-3H3/t17-,18+/m1/s1. The van der Waals surface area contributed by atoms with Gasteiger partial charge in [-0.25, -0.2) is 9.59 Å². The first-order valence-corrected chi connectivity index (χ1v) is 8.64. The fourth-order valence-electron chi connectivity index (χ4n) is 3.03. The van der Waals surface area contributed by atoms with Crippen LogP contribution in [0, 0.1) is 0 Å². The molecule has 0 spiro atoms. The Hall–Kier alpha value is -2.82. The largest absolute Gasteiger partial charge is 0.461 e. The Labute approximate surface area is 153 Å². The molecular weight excluding hydrogens is 330 g/mol. The van der Waals surface area contributed by atoms with Crippen LogP contribution in [0.4, 0.5) is 4.79 Å². The van der Waals surface area contributed by atoms with Gasteiger partial charge in [-0.2, -0.15) is 0 Å². The molecule has 1 aliphatic heterocycles. The number of benzene rings is 2. The van der Waals surface area contributed by atoms with E-state index in [0.29, 0.717) is 5.56 Å². The van der Waals surface area contributed by atoms with E-state index in [4.69, 9.17) is 9.47 Å². The van der Waals surface area contributed by atoms with Crippen molar-refractivity contribution in [1.82, 2.24) is 4.90 Å². The van der Waals surface area contributed by atoms with Gasteiger partial charge < -0.3 is 9.47 Å². The van der Waals surface area contributed by atoms with E-state index < -0.39 is 29.7 Å². The summed E-state index contributed by atoms with van der Waals surface area (Å²) in [6.07, 6.45) is -0.531. The van der Waals surface area contributed by atoms with Crippen molar-refractivity contribution in [2.24, 2.45) is 0 Å². The van der Waals surface area contributed by atoms with Crippen LogP contribution in [0.15, 0.2) is 60.7 Å². The zero-order valence-electron chi connectivity index (χ0n) is 15.2. The van der Waals surface area contributed by atoms with Gasteiger partial charge in [-0.3, -0.25) is 4.90 Å². The number of morpholine rings is 1. The van der Waals surface area contributed by atoms with Crippen LogP contribution in [0.25, 0.3) is 0 Å². The van der Waals surface area contributed by atoms with Gasteiger partial charge >= 0.3 is 12.1 Å². The van der Waals surface area contributed by atoms with E-state index in [1.165, 1.54) is 4.90 Å². The minimum Gasteiger partial charge on any atom is -0.461 e. The summed E-state index contributed by atoms with van der Waals surface area (Å²) in [5, 5.41) is 0. The second kappa shape index (κ2) is 7.20. The number of carbonyl (C=O) groups excluding carboxylic acids is 2. The van der Waals surface area contributed by atoms with Crippen molar-refractivity contribution in [2.75, 3.05) is 6.61 Å². The van der Waals surface area contributed by atoms with E-state index in [0.717, 1.165) is 5.56 Å². The molecule has 1 amide bonds. The molecule has 5 nitrogen and oxygen atoms in total. The Kier molecular flexibility index (Phi) is 4.98. The quantitative estimate of drug-likeness (QED) is 0.757. The number of hydrogen-bond acceptors (Lipinski definition) is 4. The first kappa shape index (κ1) is 18.0. The van der Waals surface area contributed by atoms with E-state index in [-0.39, 0.29) is 6.61 Å². The zero-order valence-corrected chi connectivity index (χ0v) is 15.2. The molecule has 0 saturated carbocycles. The van der Waals surface area contributed by atoms with E-state index >= 15 is 0 Å². The van der Waals surface area contributed by atoms with Gasteiger partial charge in [0.05, 0.1) is 6.04 Å². The third-order valence-corrected chi connectivity index (χ3v) is 4.12. The summed E-state index contributed by atoms with van der Waals surface area (Å²) in [6.45, 7) is 5.53. The van der Waals surface area contributed by atoms with Crippen LogP contribution in [0.1, 0.15) is 44.0 Å². The lowest BCUT2D eigenvalue weighted by Crippen LogP contribution is -2.49. The third kappa shape index (κ3) is 3.87. The topological polar surface area (TPSA) is 55.8 Å². The minimum absolute atomic E-state index is 0.103. The summed E-state index contributed by atoms with van der Waals surface area (Å²) in [4.78, 5) is 27.1. The van der Waals surface area contributed by atoms with E-state index in [1.54, 1.807) is 0 Å². The fourth-order valence-corrected chi connectivity index (χ4v) is 3.03. The van der Waals surface area contributed by atoms with Gasteiger partial charge in [0.15, 0.2) is 6.04 Å². The van der Waals surface area contributed by atoms with Crippen molar-refractivity contribution in [3.63, 3.8) is 0 Å². The van der Waals surface area contributed by atoms with Gasteiger partial charge in [0.25, 0.3) is 0 Å². The van der Waals surface area contributed by atoms with Crippen LogP contribution in [0.5, 0.6) is 0 Å². The van der Waals surface area contributed by atoms with E-state index in [2.05, 4.69) is 0 Å². The maximum Gasteiger partial charge on any atom is 0.411 e. The highest BCUT2D eigenvalue weighted by molar-refractivity contribution is 5.84. The van der Waals surface area contributed by atoms with Gasteiger partial charge in [-0.1, -0.05) is 60.7 Å². The SMILES string of the molecule is CC(C)(C)OC(=O)N1[C@@H](c2ccccc2)COC(=O)[C@@H]1c1ccccc1. The molecule has 26 heavy (non-hydrogen) atoms. The summed E-state index contributed by atoms with van der Waals surface area (Å²) in [7, 11) is 0. The van der Waals surface area contributed by atoms with Crippen LogP contribution in [-0.4, -0.2) is 29.2 Å². The molecule has 0 bridgehead atoms. The summed E-state index contributed by atoms with van der Waals surface area (Å²) in [5.74, 6) is -0.450. The van der Waals surface area contributed by atoms with Gasteiger partial charge in [0, 0.05) is 0 Å². The zero-order chi connectivity index (χ0) is 18.7. The van der Waals surface area contributed by atoms with Crippen LogP contribution in [0.3, 0.4) is 0 Å². The highest BCUT2D eigenvalue weighted by Crippen LogP contribution is 2.37. The second-order valence-corrected chi connectivity index (χ2v) is 7.26. The molecule has 1 heterocycles. The Morgan fingerprint density at radius 1 is 1.00 bits per heavy atom. The molecule has 1 saturated heterocycles. The number of ether oxygens (including phenoxy) is 2. The Morgan fingerprint density at radius 2 is 1.54 bits per heavy atom.